The van der Waals surface area contributed by atoms with Crippen LogP contribution in [-0.2, 0) is 0 Å². The summed E-state index contributed by atoms with van der Waals surface area (Å²) in [4.78, 5) is 0. The minimum atomic E-state index is 0.339. The van der Waals surface area contributed by atoms with Gasteiger partial charge >= 0.3 is 0 Å². The highest BCUT2D eigenvalue weighted by Gasteiger charge is 2.38. The molecule has 0 aromatic carbocycles. The minimum Gasteiger partial charge on any atom is -0.473 e. The van der Waals surface area contributed by atoms with Gasteiger partial charge in [-0.25, -0.2) is 0 Å². The standard InChI is InChI=1S/C11H14IN3O/c12-10-1-2-11(15-14-10)16-9-3-7-5-13-6-8(7)4-9/h1-2,7-9,13H,3-6H2/t7-,8?,9?/m1/s1. The highest BCUT2D eigenvalue weighted by molar-refractivity contribution is 14.1. The monoisotopic (exact) mass is 331 g/mol. The third kappa shape index (κ3) is 2.15. The lowest BCUT2D eigenvalue weighted by Crippen LogP contribution is -2.19. The molecule has 1 aliphatic heterocycles. The predicted molar refractivity (Wildman–Crippen MR) is 68.2 cm³/mol. The van der Waals surface area contributed by atoms with Crippen molar-refractivity contribution in [3.05, 3.63) is 15.8 Å². The summed E-state index contributed by atoms with van der Waals surface area (Å²) in [6.45, 7) is 2.31. The maximum absolute atomic E-state index is 5.86. The van der Waals surface area contributed by atoms with Crippen molar-refractivity contribution in [1.29, 1.82) is 0 Å². The summed E-state index contributed by atoms with van der Waals surface area (Å²) in [5.41, 5.74) is 0. The molecule has 0 radical (unpaired) electrons. The van der Waals surface area contributed by atoms with Gasteiger partial charge in [0.25, 0.3) is 0 Å². The van der Waals surface area contributed by atoms with Crippen LogP contribution in [0.3, 0.4) is 0 Å². The summed E-state index contributed by atoms with van der Waals surface area (Å²) in [5, 5.41) is 11.5. The van der Waals surface area contributed by atoms with Crippen LogP contribution in [0.15, 0.2) is 12.1 Å². The number of halogens is 1. The van der Waals surface area contributed by atoms with E-state index in [1.54, 1.807) is 0 Å². The second-order valence-electron chi connectivity index (χ2n) is 4.58. The molecule has 2 heterocycles. The van der Waals surface area contributed by atoms with E-state index in [0.717, 1.165) is 41.5 Å². The molecule has 1 N–H and O–H groups in total. The van der Waals surface area contributed by atoms with Gasteiger partial charge < -0.3 is 10.1 Å². The van der Waals surface area contributed by atoms with Crippen molar-refractivity contribution in [3.63, 3.8) is 0 Å². The molecule has 3 atom stereocenters. The number of hydrogen-bond donors (Lipinski definition) is 1. The molecule has 1 aromatic rings. The van der Waals surface area contributed by atoms with Crippen molar-refractivity contribution in [2.45, 2.75) is 18.9 Å². The van der Waals surface area contributed by atoms with E-state index in [9.17, 15) is 0 Å². The van der Waals surface area contributed by atoms with Crippen LogP contribution in [0.4, 0.5) is 0 Å². The molecule has 0 bridgehead atoms. The highest BCUT2D eigenvalue weighted by Crippen LogP contribution is 2.36. The van der Waals surface area contributed by atoms with E-state index < -0.39 is 0 Å². The number of fused-ring (bicyclic) bond motifs is 1. The van der Waals surface area contributed by atoms with Crippen LogP contribution in [0.25, 0.3) is 0 Å². The van der Waals surface area contributed by atoms with E-state index in [1.165, 1.54) is 0 Å². The van der Waals surface area contributed by atoms with Gasteiger partial charge in [0.05, 0.1) is 0 Å². The fourth-order valence-corrected chi connectivity index (χ4v) is 3.03. The zero-order valence-electron chi connectivity index (χ0n) is 8.90. The molecular weight excluding hydrogens is 317 g/mol. The molecule has 2 aliphatic rings. The molecule has 86 valence electrons. The van der Waals surface area contributed by atoms with Gasteiger partial charge in [0, 0.05) is 6.07 Å². The smallest absolute Gasteiger partial charge is 0.233 e. The van der Waals surface area contributed by atoms with Gasteiger partial charge in [0.1, 0.15) is 9.80 Å². The molecule has 1 saturated heterocycles. The first-order chi connectivity index (χ1) is 7.81. The average Bonchev–Trinajstić information content (AvgIpc) is 2.81. The second kappa shape index (κ2) is 4.44. The number of aromatic nitrogens is 2. The van der Waals surface area contributed by atoms with Gasteiger partial charge in [0.2, 0.25) is 5.88 Å². The van der Waals surface area contributed by atoms with Gasteiger partial charge in [-0.2, -0.15) is 0 Å². The predicted octanol–water partition coefficient (Wildman–Crippen LogP) is 1.46. The van der Waals surface area contributed by atoms with Gasteiger partial charge in [-0.05, 0) is 66.4 Å². The zero-order chi connectivity index (χ0) is 11.0. The van der Waals surface area contributed by atoms with Crippen LogP contribution in [-0.4, -0.2) is 29.4 Å². The minimum absolute atomic E-state index is 0.339. The van der Waals surface area contributed by atoms with Crippen molar-refractivity contribution < 1.29 is 4.74 Å². The van der Waals surface area contributed by atoms with E-state index in [4.69, 9.17) is 4.74 Å². The normalized spacial score (nSPS) is 32.7. The van der Waals surface area contributed by atoms with Gasteiger partial charge in [-0.3, -0.25) is 0 Å². The number of nitrogens with zero attached hydrogens (tertiary/aromatic N) is 2. The molecule has 2 fully saturated rings. The van der Waals surface area contributed by atoms with Crippen LogP contribution in [0, 0.1) is 15.5 Å². The Kier molecular flexibility index (Phi) is 2.97. The van der Waals surface area contributed by atoms with Crippen LogP contribution < -0.4 is 10.1 Å². The number of nitrogens with one attached hydrogen (secondary N) is 1. The Hall–Kier alpha value is -0.430. The summed E-state index contributed by atoms with van der Waals surface area (Å²) < 4.78 is 6.76. The van der Waals surface area contributed by atoms with Crippen molar-refractivity contribution >= 4 is 22.6 Å². The summed E-state index contributed by atoms with van der Waals surface area (Å²) in [6.07, 6.45) is 2.66. The van der Waals surface area contributed by atoms with Crippen molar-refractivity contribution in [3.8, 4) is 5.88 Å². The Bertz CT molecular complexity index is 358. The molecule has 0 amide bonds. The average molecular weight is 331 g/mol. The molecule has 2 unspecified atom stereocenters. The Labute approximate surface area is 108 Å². The van der Waals surface area contributed by atoms with Crippen molar-refractivity contribution in [1.82, 2.24) is 15.5 Å². The Morgan fingerprint density at radius 2 is 1.94 bits per heavy atom. The van der Waals surface area contributed by atoms with Gasteiger partial charge in [-0.15, -0.1) is 10.2 Å². The molecule has 1 saturated carbocycles. The van der Waals surface area contributed by atoms with Crippen LogP contribution in [0.1, 0.15) is 12.8 Å². The third-order valence-electron chi connectivity index (χ3n) is 3.51. The van der Waals surface area contributed by atoms with Gasteiger partial charge in [-0.1, -0.05) is 0 Å². The first-order valence-corrected chi connectivity index (χ1v) is 6.76. The quantitative estimate of drug-likeness (QED) is 0.834. The zero-order valence-corrected chi connectivity index (χ0v) is 11.1. The maximum Gasteiger partial charge on any atom is 0.233 e. The number of ether oxygens (including phenoxy) is 1. The Morgan fingerprint density at radius 3 is 2.56 bits per heavy atom. The summed E-state index contributed by atoms with van der Waals surface area (Å²) in [5.74, 6) is 2.28. The van der Waals surface area contributed by atoms with Gasteiger partial charge in [0.15, 0.2) is 0 Å². The fourth-order valence-electron chi connectivity index (χ4n) is 2.74. The first-order valence-electron chi connectivity index (χ1n) is 5.68. The molecule has 3 rings (SSSR count). The summed E-state index contributed by atoms with van der Waals surface area (Å²) in [7, 11) is 0. The lowest BCUT2D eigenvalue weighted by Gasteiger charge is -2.13. The van der Waals surface area contributed by atoms with E-state index in [-0.39, 0.29) is 0 Å². The molecule has 16 heavy (non-hydrogen) atoms. The lowest BCUT2D eigenvalue weighted by molar-refractivity contribution is 0.189. The molecule has 4 nitrogen and oxygen atoms in total. The molecular formula is C11H14IN3O. The highest BCUT2D eigenvalue weighted by atomic mass is 127. The van der Waals surface area contributed by atoms with Crippen LogP contribution in [0.5, 0.6) is 5.88 Å². The lowest BCUT2D eigenvalue weighted by atomic mass is 10.0. The fraction of sp³-hybridized carbons (Fsp3) is 0.636. The first kappa shape index (κ1) is 10.7. The summed E-state index contributed by atoms with van der Waals surface area (Å²) >= 11 is 2.15. The third-order valence-corrected chi connectivity index (χ3v) is 4.08. The number of rotatable bonds is 2. The molecule has 5 heteroatoms. The molecule has 1 aromatic heterocycles. The van der Waals surface area contributed by atoms with E-state index in [1.807, 2.05) is 12.1 Å². The van der Waals surface area contributed by atoms with E-state index in [0.29, 0.717) is 12.0 Å². The summed E-state index contributed by atoms with van der Waals surface area (Å²) in [6, 6.07) is 3.83. The van der Waals surface area contributed by atoms with Crippen LogP contribution in [0.2, 0.25) is 0 Å². The molecule has 1 aliphatic carbocycles. The van der Waals surface area contributed by atoms with Crippen LogP contribution >= 0.6 is 22.6 Å². The molecule has 0 spiro atoms. The Balaban J connectivity index is 1.62. The van der Waals surface area contributed by atoms with Crippen molar-refractivity contribution in [2.24, 2.45) is 11.8 Å². The SMILES string of the molecule is Ic1ccc(OC2CC3CNC[C@H]3C2)nn1. The maximum atomic E-state index is 5.86. The topological polar surface area (TPSA) is 47.0 Å². The second-order valence-corrected chi connectivity index (χ2v) is 5.69. The number of hydrogen-bond acceptors (Lipinski definition) is 4. The van der Waals surface area contributed by atoms with Crippen molar-refractivity contribution in [2.75, 3.05) is 13.1 Å². The van der Waals surface area contributed by atoms with E-state index >= 15 is 0 Å². The Morgan fingerprint density at radius 1 is 1.19 bits per heavy atom. The van der Waals surface area contributed by atoms with E-state index in [2.05, 4.69) is 38.1 Å². The largest absolute Gasteiger partial charge is 0.473 e.